The average Bonchev–Trinajstić information content (AvgIpc) is 2.74. The van der Waals surface area contributed by atoms with Crippen LogP contribution in [0.5, 0.6) is 5.75 Å². The van der Waals surface area contributed by atoms with Crippen LogP contribution in [-0.4, -0.2) is 65.8 Å². The zero-order chi connectivity index (χ0) is 20.8. The lowest BCUT2D eigenvalue weighted by Gasteiger charge is -2.34. The molecule has 0 spiro atoms. The number of nitrogens with zero attached hydrogens (tertiary/aromatic N) is 3. The number of pyridine rings is 1. The van der Waals surface area contributed by atoms with Gasteiger partial charge >= 0.3 is 6.09 Å². The Balaban J connectivity index is 1.47. The van der Waals surface area contributed by atoms with Crippen LogP contribution in [-0.2, 0) is 16.6 Å². The van der Waals surface area contributed by atoms with Crippen molar-refractivity contribution in [3.63, 3.8) is 0 Å². The van der Waals surface area contributed by atoms with Crippen LogP contribution in [0.25, 0.3) is 10.9 Å². The second-order valence-corrected chi connectivity index (χ2v) is 6.94. The number of aryl methyl sites for hydroxylation is 1. The average molecular weight is 401 g/mol. The first-order valence-corrected chi connectivity index (χ1v) is 9.92. The molecule has 8 nitrogen and oxygen atoms in total. The number of rotatable bonds is 6. The molecule has 0 unspecified atom stereocenters. The van der Waals surface area contributed by atoms with Crippen molar-refractivity contribution >= 4 is 22.9 Å². The highest BCUT2D eigenvalue weighted by molar-refractivity contribution is 5.85. The van der Waals surface area contributed by atoms with Gasteiger partial charge in [0.05, 0.1) is 18.7 Å². The number of ether oxygens (including phenoxy) is 2. The fraction of sp³-hybridized carbons (Fsp3) is 0.476. The summed E-state index contributed by atoms with van der Waals surface area (Å²) < 4.78 is 12.4. The number of fused-ring (bicyclic) bond motifs is 1. The standard InChI is InChI=1S/C21H27N3O5/c1-3-28-21(27)24-12-10-23(11-13-24)19(25)9-6-14-29-18-15-20(26)22(2)17-8-5-4-7-16(17)18/h4-5,7-8,15H,3,6,9-14H2,1-2H3. The second kappa shape index (κ2) is 9.45. The predicted molar refractivity (Wildman–Crippen MR) is 109 cm³/mol. The lowest BCUT2D eigenvalue weighted by Crippen LogP contribution is -2.50. The molecule has 2 amide bonds. The predicted octanol–water partition coefficient (Wildman–Crippen LogP) is 2.00. The minimum atomic E-state index is -0.325. The third kappa shape index (κ3) is 4.88. The Morgan fingerprint density at radius 2 is 1.76 bits per heavy atom. The minimum absolute atomic E-state index is 0.0472. The molecule has 1 aromatic carbocycles. The van der Waals surface area contributed by atoms with E-state index in [0.29, 0.717) is 58.0 Å². The lowest BCUT2D eigenvalue weighted by atomic mass is 10.2. The van der Waals surface area contributed by atoms with Gasteiger partial charge in [0.2, 0.25) is 5.91 Å². The number of piperazine rings is 1. The number of para-hydroxylation sites is 1. The largest absolute Gasteiger partial charge is 0.493 e. The molecular weight excluding hydrogens is 374 g/mol. The van der Waals surface area contributed by atoms with Gasteiger partial charge < -0.3 is 23.8 Å². The van der Waals surface area contributed by atoms with Crippen molar-refractivity contribution in [2.24, 2.45) is 7.05 Å². The third-order valence-corrected chi connectivity index (χ3v) is 5.07. The first-order valence-electron chi connectivity index (χ1n) is 9.92. The van der Waals surface area contributed by atoms with E-state index in [1.165, 1.54) is 6.07 Å². The van der Waals surface area contributed by atoms with E-state index in [2.05, 4.69) is 0 Å². The van der Waals surface area contributed by atoms with Gasteiger partial charge in [-0.1, -0.05) is 12.1 Å². The molecule has 1 saturated heterocycles. The summed E-state index contributed by atoms with van der Waals surface area (Å²) in [7, 11) is 1.73. The smallest absolute Gasteiger partial charge is 0.409 e. The van der Waals surface area contributed by atoms with Gasteiger partial charge in [0.1, 0.15) is 5.75 Å². The maximum absolute atomic E-state index is 12.4. The molecule has 29 heavy (non-hydrogen) atoms. The molecule has 2 heterocycles. The minimum Gasteiger partial charge on any atom is -0.493 e. The molecular formula is C21H27N3O5. The zero-order valence-corrected chi connectivity index (χ0v) is 16.9. The van der Waals surface area contributed by atoms with Gasteiger partial charge in [0.25, 0.3) is 5.56 Å². The van der Waals surface area contributed by atoms with Gasteiger partial charge in [-0.25, -0.2) is 4.79 Å². The van der Waals surface area contributed by atoms with Crippen LogP contribution in [0.2, 0.25) is 0 Å². The van der Waals surface area contributed by atoms with Crippen LogP contribution in [0, 0.1) is 0 Å². The molecule has 1 fully saturated rings. The summed E-state index contributed by atoms with van der Waals surface area (Å²) >= 11 is 0. The second-order valence-electron chi connectivity index (χ2n) is 6.94. The van der Waals surface area contributed by atoms with E-state index in [4.69, 9.17) is 9.47 Å². The van der Waals surface area contributed by atoms with Crippen molar-refractivity contribution in [2.75, 3.05) is 39.4 Å². The number of hydrogen-bond donors (Lipinski definition) is 0. The number of benzene rings is 1. The van der Waals surface area contributed by atoms with Gasteiger partial charge in [0.15, 0.2) is 0 Å². The third-order valence-electron chi connectivity index (χ3n) is 5.07. The maximum atomic E-state index is 12.4. The summed E-state index contributed by atoms with van der Waals surface area (Å²) in [6.07, 6.45) is 0.595. The molecule has 3 rings (SSSR count). The Bertz CT molecular complexity index is 932. The Labute approximate surface area is 169 Å². The van der Waals surface area contributed by atoms with E-state index in [-0.39, 0.29) is 17.6 Å². The Morgan fingerprint density at radius 1 is 1.07 bits per heavy atom. The fourth-order valence-corrected chi connectivity index (χ4v) is 3.42. The van der Waals surface area contributed by atoms with E-state index in [0.717, 1.165) is 10.9 Å². The molecule has 2 aromatic rings. The molecule has 8 heteroatoms. The van der Waals surface area contributed by atoms with E-state index in [1.54, 1.807) is 28.3 Å². The Morgan fingerprint density at radius 3 is 2.48 bits per heavy atom. The summed E-state index contributed by atoms with van der Waals surface area (Å²) in [5.41, 5.74) is 0.680. The summed E-state index contributed by atoms with van der Waals surface area (Å²) in [6, 6.07) is 9.06. The van der Waals surface area contributed by atoms with Crippen LogP contribution >= 0.6 is 0 Å². The van der Waals surface area contributed by atoms with Gasteiger partial charge in [-0.3, -0.25) is 9.59 Å². The zero-order valence-electron chi connectivity index (χ0n) is 16.9. The number of carbonyl (C=O) groups is 2. The highest BCUT2D eigenvalue weighted by Crippen LogP contribution is 2.23. The molecule has 1 aliphatic heterocycles. The Hall–Kier alpha value is -3.03. The van der Waals surface area contributed by atoms with Crippen molar-refractivity contribution in [1.82, 2.24) is 14.4 Å². The summed E-state index contributed by atoms with van der Waals surface area (Å²) in [4.78, 5) is 39.6. The number of hydrogen-bond acceptors (Lipinski definition) is 5. The molecule has 1 aromatic heterocycles. The van der Waals surface area contributed by atoms with E-state index in [9.17, 15) is 14.4 Å². The lowest BCUT2D eigenvalue weighted by molar-refractivity contribution is -0.133. The number of aromatic nitrogens is 1. The summed E-state index contributed by atoms with van der Waals surface area (Å²) in [6.45, 7) is 4.47. The molecule has 156 valence electrons. The van der Waals surface area contributed by atoms with Gasteiger partial charge in [-0.2, -0.15) is 0 Å². The van der Waals surface area contributed by atoms with Crippen LogP contribution in [0.15, 0.2) is 35.1 Å². The van der Waals surface area contributed by atoms with Crippen LogP contribution in [0.3, 0.4) is 0 Å². The maximum Gasteiger partial charge on any atom is 0.409 e. The molecule has 0 N–H and O–H groups in total. The number of carbonyl (C=O) groups excluding carboxylic acids is 2. The van der Waals surface area contributed by atoms with Crippen LogP contribution in [0.1, 0.15) is 19.8 Å². The van der Waals surface area contributed by atoms with Crippen molar-refractivity contribution in [2.45, 2.75) is 19.8 Å². The first-order chi connectivity index (χ1) is 14.0. The molecule has 0 atom stereocenters. The van der Waals surface area contributed by atoms with Crippen molar-refractivity contribution < 1.29 is 19.1 Å². The summed E-state index contributed by atoms with van der Waals surface area (Å²) in [5.74, 6) is 0.588. The first kappa shape index (κ1) is 20.7. The number of amides is 2. The van der Waals surface area contributed by atoms with E-state index < -0.39 is 0 Å². The molecule has 0 radical (unpaired) electrons. The van der Waals surface area contributed by atoms with Gasteiger partial charge in [0, 0.05) is 51.1 Å². The highest BCUT2D eigenvalue weighted by atomic mass is 16.6. The normalized spacial score (nSPS) is 14.1. The monoisotopic (exact) mass is 401 g/mol. The van der Waals surface area contributed by atoms with Crippen LogP contribution < -0.4 is 10.3 Å². The fourth-order valence-electron chi connectivity index (χ4n) is 3.42. The van der Waals surface area contributed by atoms with Crippen molar-refractivity contribution in [3.8, 4) is 5.75 Å². The molecule has 0 saturated carbocycles. The SMILES string of the molecule is CCOC(=O)N1CCN(C(=O)CCCOc2cc(=O)n(C)c3ccccc23)CC1. The van der Waals surface area contributed by atoms with Gasteiger partial charge in [-0.15, -0.1) is 0 Å². The van der Waals surface area contributed by atoms with Crippen molar-refractivity contribution in [1.29, 1.82) is 0 Å². The van der Waals surface area contributed by atoms with Crippen molar-refractivity contribution in [3.05, 3.63) is 40.7 Å². The van der Waals surface area contributed by atoms with E-state index in [1.807, 2.05) is 24.3 Å². The molecule has 0 bridgehead atoms. The topological polar surface area (TPSA) is 81.1 Å². The summed E-state index contributed by atoms with van der Waals surface area (Å²) in [5, 5.41) is 0.871. The van der Waals surface area contributed by atoms with E-state index >= 15 is 0 Å². The quantitative estimate of drug-likeness (QED) is 0.692. The highest BCUT2D eigenvalue weighted by Gasteiger charge is 2.24. The molecule has 1 aliphatic rings. The van der Waals surface area contributed by atoms with Crippen LogP contribution in [0.4, 0.5) is 4.79 Å². The Kier molecular flexibility index (Phi) is 6.74. The molecule has 0 aliphatic carbocycles. The van der Waals surface area contributed by atoms with Gasteiger partial charge in [-0.05, 0) is 25.5 Å².